The summed E-state index contributed by atoms with van der Waals surface area (Å²) in [5.41, 5.74) is 0.557. The van der Waals surface area contributed by atoms with Gasteiger partial charge in [-0.3, -0.25) is 4.79 Å². The Morgan fingerprint density at radius 3 is 2.64 bits per heavy atom. The van der Waals surface area contributed by atoms with E-state index in [1.165, 1.54) is 12.1 Å². The smallest absolute Gasteiger partial charge is 0.163 e. The molecule has 3 heteroatoms. The van der Waals surface area contributed by atoms with Crippen molar-refractivity contribution in [1.82, 2.24) is 0 Å². The molecule has 0 bridgehead atoms. The SMILES string of the molecule is CC(C)CC(=O)c1ccc(O)c(Cl)c1. The predicted molar refractivity (Wildman–Crippen MR) is 56.9 cm³/mol. The fourth-order valence-electron chi connectivity index (χ4n) is 1.17. The molecule has 0 radical (unpaired) electrons. The van der Waals surface area contributed by atoms with Crippen molar-refractivity contribution in [1.29, 1.82) is 0 Å². The molecule has 0 fully saturated rings. The summed E-state index contributed by atoms with van der Waals surface area (Å²) < 4.78 is 0. The minimum Gasteiger partial charge on any atom is -0.506 e. The molecule has 1 aromatic rings. The van der Waals surface area contributed by atoms with Crippen molar-refractivity contribution < 1.29 is 9.90 Å². The Kier molecular flexibility index (Phi) is 3.53. The van der Waals surface area contributed by atoms with Gasteiger partial charge in [0, 0.05) is 12.0 Å². The van der Waals surface area contributed by atoms with Crippen LogP contribution in [0.1, 0.15) is 30.6 Å². The van der Waals surface area contributed by atoms with Gasteiger partial charge in [-0.15, -0.1) is 0 Å². The van der Waals surface area contributed by atoms with Crippen molar-refractivity contribution in [3.63, 3.8) is 0 Å². The molecule has 0 aliphatic rings. The van der Waals surface area contributed by atoms with E-state index in [0.29, 0.717) is 17.9 Å². The van der Waals surface area contributed by atoms with Gasteiger partial charge in [0.05, 0.1) is 5.02 Å². The first kappa shape index (κ1) is 11.1. The van der Waals surface area contributed by atoms with Crippen molar-refractivity contribution in [3.8, 4) is 5.75 Å². The molecule has 0 atom stereocenters. The molecule has 0 saturated heterocycles. The van der Waals surface area contributed by atoms with E-state index in [2.05, 4.69) is 0 Å². The highest BCUT2D eigenvalue weighted by molar-refractivity contribution is 6.32. The average Bonchev–Trinajstić information content (AvgIpc) is 2.08. The van der Waals surface area contributed by atoms with Crippen LogP contribution in [0.4, 0.5) is 0 Å². The van der Waals surface area contributed by atoms with Crippen LogP contribution >= 0.6 is 11.6 Å². The molecule has 1 rings (SSSR count). The Bertz CT molecular complexity index is 345. The number of phenolic OH excluding ortho intramolecular Hbond substituents is 1. The van der Waals surface area contributed by atoms with Crippen LogP contribution in [0.2, 0.25) is 5.02 Å². The first-order valence-corrected chi connectivity index (χ1v) is 4.90. The van der Waals surface area contributed by atoms with Crippen LogP contribution in [-0.2, 0) is 0 Å². The van der Waals surface area contributed by atoms with Crippen LogP contribution in [-0.4, -0.2) is 10.9 Å². The van der Waals surface area contributed by atoms with Gasteiger partial charge in [0.15, 0.2) is 5.78 Å². The van der Waals surface area contributed by atoms with E-state index >= 15 is 0 Å². The number of rotatable bonds is 3. The number of carbonyl (C=O) groups is 1. The van der Waals surface area contributed by atoms with Gasteiger partial charge in [0.25, 0.3) is 0 Å². The molecule has 0 aliphatic carbocycles. The quantitative estimate of drug-likeness (QED) is 0.781. The molecule has 1 N–H and O–H groups in total. The zero-order valence-electron chi connectivity index (χ0n) is 8.25. The van der Waals surface area contributed by atoms with Crippen LogP contribution in [0.3, 0.4) is 0 Å². The fraction of sp³-hybridized carbons (Fsp3) is 0.364. The highest BCUT2D eigenvalue weighted by Crippen LogP contribution is 2.24. The van der Waals surface area contributed by atoms with E-state index in [4.69, 9.17) is 16.7 Å². The number of Topliss-reactive ketones (excluding diaryl/α,β-unsaturated/α-hetero) is 1. The standard InChI is InChI=1S/C11H13ClO2/c1-7(2)5-11(14)8-3-4-10(13)9(12)6-8/h3-4,6-7,13H,5H2,1-2H3. The summed E-state index contributed by atoms with van der Waals surface area (Å²) in [6.07, 6.45) is 0.501. The maximum Gasteiger partial charge on any atom is 0.163 e. The highest BCUT2D eigenvalue weighted by atomic mass is 35.5. The second kappa shape index (κ2) is 4.47. The normalized spacial score (nSPS) is 10.6. The van der Waals surface area contributed by atoms with Crippen LogP contribution in [0.5, 0.6) is 5.75 Å². The van der Waals surface area contributed by atoms with E-state index in [9.17, 15) is 4.79 Å². The number of aromatic hydroxyl groups is 1. The third-order valence-electron chi connectivity index (χ3n) is 1.86. The topological polar surface area (TPSA) is 37.3 Å². The lowest BCUT2D eigenvalue weighted by molar-refractivity contribution is 0.0968. The summed E-state index contributed by atoms with van der Waals surface area (Å²) in [5, 5.41) is 9.39. The number of benzene rings is 1. The molecule has 0 heterocycles. The Labute approximate surface area is 88.5 Å². The summed E-state index contributed by atoms with van der Waals surface area (Å²) in [6, 6.07) is 4.53. The van der Waals surface area contributed by atoms with E-state index in [-0.39, 0.29) is 16.6 Å². The van der Waals surface area contributed by atoms with Crippen LogP contribution in [0.15, 0.2) is 18.2 Å². The van der Waals surface area contributed by atoms with Gasteiger partial charge in [-0.05, 0) is 24.1 Å². The van der Waals surface area contributed by atoms with Gasteiger partial charge in [-0.1, -0.05) is 25.4 Å². The van der Waals surface area contributed by atoms with Gasteiger partial charge in [0.1, 0.15) is 5.75 Å². The Morgan fingerprint density at radius 1 is 1.50 bits per heavy atom. The molecule has 76 valence electrons. The van der Waals surface area contributed by atoms with Crippen molar-refractivity contribution in [2.45, 2.75) is 20.3 Å². The van der Waals surface area contributed by atoms with E-state index in [1.54, 1.807) is 6.07 Å². The van der Waals surface area contributed by atoms with Gasteiger partial charge in [-0.2, -0.15) is 0 Å². The molecule has 0 amide bonds. The number of phenols is 1. The van der Waals surface area contributed by atoms with Crippen LogP contribution in [0.25, 0.3) is 0 Å². The van der Waals surface area contributed by atoms with Crippen LogP contribution < -0.4 is 0 Å². The van der Waals surface area contributed by atoms with Crippen molar-refractivity contribution in [2.24, 2.45) is 5.92 Å². The van der Waals surface area contributed by atoms with Crippen molar-refractivity contribution in [3.05, 3.63) is 28.8 Å². The van der Waals surface area contributed by atoms with Gasteiger partial charge >= 0.3 is 0 Å². The minimum absolute atomic E-state index is 0.00719. The molecule has 0 unspecified atom stereocenters. The molecule has 14 heavy (non-hydrogen) atoms. The predicted octanol–water partition coefficient (Wildman–Crippen LogP) is 3.27. The van der Waals surface area contributed by atoms with Crippen LogP contribution in [0, 0.1) is 5.92 Å². The fourth-order valence-corrected chi connectivity index (χ4v) is 1.35. The number of hydrogen-bond acceptors (Lipinski definition) is 2. The monoisotopic (exact) mass is 212 g/mol. The third-order valence-corrected chi connectivity index (χ3v) is 2.17. The van der Waals surface area contributed by atoms with Crippen molar-refractivity contribution >= 4 is 17.4 Å². The second-order valence-corrected chi connectivity index (χ2v) is 4.09. The number of halogens is 1. The maximum atomic E-state index is 11.6. The lowest BCUT2D eigenvalue weighted by atomic mass is 10.0. The molecule has 0 aliphatic heterocycles. The lowest BCUT2D eigenvalue weighted by Gasteiger charge is -2.04. The number of carbonyl (C=O) groups excluding carboxylic acids is 1. The lowest BCUT2D eigenvalue weighted by Crippen LogP contribution is -2.03. The molecule has 0 aromatic heterocycles. The summed E-state index contributed by atoms with van der Waals surface area (Å²) in [5.74, 6) is 0.393. The first-order valence-electron chi connectivity index (χ1n) is 4.52. The summed E-state index contributed by atoms with van der Waals surface area (Å²) in [7, 11) is 0. The molecular formula is C11H13ClO2. The van der Waals surface area contributed by atoms with Gasteiger partial charge < -0.3 is 5.11 Å². The Balaban J connectivity index is 2.86. The van der Waals surface area contributed by atoms with E-state index in [1.807, 2.05) is 13.8 Å². The highest BCUT2D eigenvalue weighted by Gasteiger charge is 2.09. The zero-order valence-corrected chi connectivity index (χ0v) is 9.01. The maximum absolute atomic E-state index is 11.6. The van der Waals surface area contributed by atoms with Gasteiger partial charge in [-0.25, -0.2) is 0 Å². The minimum atomic E-state index is 0.00719. The zero-order chi connectivity index (χ0) is 10.7. The summed E-state index contributed by atoms with van der Waals surface area (Å²) in [4.78, 5) is 11.6. The Hall–Kier alpha value is -1.02. The number of hydrogen-bond donors (Lipinski definition) is 1. The molecule has 2 nitrogen and oxygen atoms in total. The van der Waals surface area contributed by atoms with E-state index in [0.717, 1.165) is 0 Å². The number of ketones is 1. The summed E-state index contributed by atoms with van der Waals surface area (Å²) >= 11 is 5.69. The molecule has 0 spiro atoms. The largest absolute Gasteiger partial charge is 0.506 e. The third kappa shape index (κ3) is 2.74. The van der Waals surface area contributed by atoms with Crippen molar-refractivity contribution in [2.75, 3.05) is 0 Å². The van der Waals surface area contributed by atoms with Gasteiger partial charge in [0.2, 0.25) is 0 Å². The molecule has 1 aromatic carbocycles. The van der Waals surface area contributed by atoms with E-state index < -0.39 is 0 Å². The second-order valence-electron chi connectivity index (χ2n) is 3.69. The molecular weight excluding hydrogens is 200 g/mol. The first-order chi connectivity index (χ1) is 6.50. The average molecular weight is 213 g/mol. The molecule has 0 saturated carbocycles. The summed E-state index contributed by atoms with van der Waals surface area (Å²) in [6.45, 7) is 3.97. The Morgan fingerprint density at radius 2 is 2.14 bits per heavy atom.